The Morgan fingerprint density at radius 1 is 1.26 bits per heavy atom. The van der Waals surface area contributed by atoms with Gasteiger partial charge in [0.2, 0.25) is 5.91 Å². The van der Waals surface area contributed by atoms with Gasteiger partial charge in [-0.15, -0.1) is 0 Å². The van der Waals surface area contributed by atoms with Crippen LogP contribution < -0.4 is 5.32 Å². The highest BCUT2D eigenvalue weighted by atomic mass is 16.1. The molecule has 2 aliphatic rings. The molecule has 5 heteroatoms. The van der Waals surface area contributed by atoms with Crippen LogP contribution in [0, 0.1) is 11.3 Å². The molecule has 142 valence electrons. The van der Waals surface area contributed by atoms with Crippen LogP contribution in [-0.2, 0) is 11.2 Å². The van der Waals surface area contributed by atoms with E-state index >= 15 is 0 Å². The second-order valence-electron chi connectivity index (χ2n) is 8.86. The summed E-state index contributed by atoms with van der Waals surface area (Å²) in [5.74, 6) is 1.44. The van der Waals surface area contributed by atoms with Gasteiger partial charge in [-0.3, -0.25) is 9.78 Å². The first-order valence-corrected chi connectivity index (χ1v) is 10.1. The average molecular weight is 364 g/mol. The maximum Gasteiger partial charge on any atom is 0.220 e. The molecular weight excluding hydrogens is 336 g/mol. The third-order valence-electron chi connectivity index (χ3n) is 5.88. The summed E-state index contributed by atoms with van der Waals surface area (Å²) >= 11 is 0. The van der Waals surface area contributed by atoms with Gasteiger partial charge in [-0.1, -0.05) is 26.7 Å². The largest absolute Gasteiger partial charge is 0.349 e. The molecule has 4 rings (SSSR count). The van der Waals surface area contributed by atoms with Crippen molar-refractivity contribution in [3.05, 3.63) is 42.0 Å². The smallest absolute Gasteiger partial charge is 0.220 e. The number of carbonyl (C=O) groups excluding carboxylic acids is 1. The molecular formula is C22H28N4O. The van der Waals surface area contributed by atoms with E-state index in [1.807, 2.05) is 18.3 Å². The maximum absolute atomic E-state index is 12.6. The van der Waals surface area contributed by atoms with Gasteiger partial charge < -0.3 is 5.32 Å². The van der Waals surface area contributed by atoms with E-state index in [1.165, 1.54) is 25.7 Å². The Labute approximate surface area is 161 Å². The number of amides is 1. The zero-order valence-corrected chi connectivity index (χ0v) is 16.2. The van der Waals surface area contributed by atoms with E-state index in [9.17, 15) is 4.79 Å². The number of nitrogens with zero attached hydrogens (tertiary/aromatic N) is 3. The van der Waals surface area contributed by atoms with Crippen LogP contribution in [0.5, 0.6) is 0 Å². The Bertz CT molecular complexity index is 812. The lowest BCUT2D eigenvalue weighted by Crippen LogP contribution is -2.37. The summed E-state index contributed by atoms with van der Waals surface area (Å²) in [6.45, 7) is 4.50. The number of pyridine rings is 1. The molecule has 0 saturated heterocycles. The van der Waals surface area contributed by atoms with Crippen molar-refractivity contribution < 1.29 is 4.79 Å². The molecule has 0 bridgehead atoms. The van der Waals surface area contributed by atoms with Crippen molar-refractivity contribution in [2.24, 2.45) is 11.3 Å². The van der Waals surface area contributed by atoms with Crippen molar-refractivity contribution in [2.45, 2.75) is 64.8 Å². The highest BCUT2D eigenvalue weighted by Gasteiger charge is 2.35. The van der Waals surface area contributed by atoms with Crippen LogP contribution in [0.3, 0.4) is 0 Å². The van der Waals surface area contributed by atoms with Gasteiger partial charge in [0.25, 0.3) is 0 Å². The van der Waals surface area contributed by atoms with Crippen molar-refractivity contribution in [1.82, 2.24) is 20.3 Å². The normalized spacial score (nSPS) is 21.6. The zero-order chi connectivity index (χ0) is 18.9. The van der Waals surface area contributed by atoms with Crippen LogP contribution in [0.15, 0.2) is 30.7 Å². The molecule has 1 atom stereocenters. The van der Waals surface area contributed by atoms with Gasteiger partial charge in [0.15, 0.2) is 5.82 Å². The summed E-state index contributed by atoms with van der Waals surface area (Å²) < 4.78 is 0. The SMILES string of the molecule is CC1(C)Cc2nc(-c3cccnc3)ncc2[C@H](NC(=O)CC2CCCC2)C1. The summed E-state index contributed by atoms with van der Waals surface area (Å²) in [6.07, 6.45) is 12.8. The van der Waals surface area contributed by atoms with Gasteiger partial charge in [0.05, 0.1) is 11.7 Å². The topological polar surface area (TPSA) is 67.8 Å². The van der Waals surface area contributed by atoms with Gasteiger partial charge in [0, 0.05) is 36.1 Å². The molecule has 2 heterocycles. The third kappa shape index (κ3) is 4.18. The van der Waals surface area contributed by atoms with Crippen molar-refractivity contribution >= 4 is 5.91 Å². The number of hydrogen-bond acceptors (Lipinski definition) is 4. The first-order valence-electron chi connectivity index (χ1n) is 10.1. The predicted octanol–water partition coefficient (Wildman–Crippen LogP) is 4.25. The minimum atomic E-state index is 0.000557. The Morgan fingerprint density at radius 2 is 2.07 bits per heavy atom. The quantitative estimate of drug-likeness (QED) is 0.881. The number of nitrogens with one attached hydrogen (secondary N) is 1. The van der Waals surface area contributed by atoms with E-state index < -0.39 is 0 Å². The molecule has 0 aromatic carbocycles. The Morgan fingerprint density at radius 3 is 2.81 bits per heavy atom. The van der Waals surface area contributed by atoms with Gasteiger partial charge in [-0.05, 0) is 49.1 Å². The second-order valence-corrected chi connectivity index (χ2v) is 8.86. The minimum absolute atomic E-state index is 0.000557. The third-order valence-corrected chi connectivity index (χ3v) is 5.88. The molecule has 1 N–H and O–H groups in total. The lowest BCUT2D eigenvalue weighted by atomic mass is 9.74. The van der Waals surface area contributed by atoms with Gasteiger partial charge >= 0.3 is 0 Å². The second kappa shape index (κ2) is 7.37. The fourth-order valence-electron chi connectivity index (χ4n) is 4.54. The monoisotopic (exact) mass is 364 g/mol. The Kier molecular flexibility index (Phi) is 4.94. The van der Waals surface area contributed by atoms with E-state index in [2.05, 4.69) is 29.1 Å². The Hall–Kier alpha value is -2.30. The molecule has 5 nitrogen and oxygen atoms in total. The summed E-state index contributed by atoms with van der Waals surface area (Å²) in [7, 11) is 0. The molecule has 27 heavy (non-hydrogen) atoms. The molecule has 1 saturated carbocycles. The molecule has 1 fully saturated rings. The van der Waals surface area contributed by atoms with Crippen molar-refractivity contribution in [3.8, 4) is 11.4 Å². The lowest BCUT2D eigenvalue weighted by Gasteiger charge is -2.36. The van der Waals surface area contributed by atoms with Crippen molar-refractivity contribution in [2.75, 3.05) is 0 Å². The molecule has 0 radical (unpaired) electrons. The summed E-state index contributed by atoms with van der Waals surface area (Å²) in [4.78, 5) is 26.2. The van der Waals surface area contributed by atoms with Crippen LogP contribution in [0.2, 0.25) is 0 Å². The van der Waals surface area contributed by atoms with E-state index in [4.69, 9.17) is 4.98 Å². The number of hydrogen-bond donors (Lipinski definition) is 1. The number of fused-ring (bicyclic) bond motifs is 1. The number of rotatable bonds is 4. The molecule has 2 aromatic heterocycles. The van der Waals surface area contributed by atoms with E-state index in [-0.39, 0.29) is 17.4 Å². The molecule has 0 aliphatic heterocycles. The highest BCUT2D eigenvalue weighted by molar-refractivity contribution is 5.76. The van der Waals surface area contributed by atoms with Gasteiger partial charge in [0.1, 0.15) is 0 Å². The van der Waals surface area contributed by atoms with Crippen molar-refractivity contribution in [1.29, 1.82) is 0 Å². The maximum atomic E-state index is 12.6. The lowest BCUT2D eigenvalue weighted by molar-refractivity contribution is -0.123. The standard InChI is InChI=1S/C22H28N4O/c1-22(2)11-18(25-20(27)10-15-6-3-4-7-15)17-14-24-21(26-19(17)12-22)16-8-5-9-23-13-16/h5,8-9,13-15,18H,3-4,6-7,10-12H2,1-2H3,(H,25,27)/t18-/m1/s1. The summed E-state index contributed by atoms with van der Waals surface area (Å²) in [6, 6.07) is 3.87. The first kappa shape index (κ1) is 18.1. The molecule has 0 unspecified atom stereocenters. The molecule has 0 spiro atoms. The summed E-state index contributed by atoms with van der Waals surface area (Å²) in [5, 5.41) is 3.29. The average Bonchev–Trinajstić information content (AvgIpc) is 3.14. The first-order chi connectivity index (χ1) is 13.0. The van der Waals surface area contributed by atoms with Gasteiger partial charge in [-0.2, -0.15) is 0 Å². The van der Waals surface area contributed by atoms with Crippen LogP contribution in [0.1, 0.15) is 69.7 Å². The molecule has 2 aromatic rings. The van der Waals surface area contributed by atoms with E-state index in [0.717, 1.165) is 29.7 Å². The van der Waals surface area contributed by atoms with Crippen molar-refractivity contribution in [3.63, 3.8) is 0 Å². The van der Waals surface area contributed by atoms with Crippen LogP contribution in [0.25, 0.3) is 11.4 Å². The van der Waals surface area contributed by atoms with Crippen LogP contribution in [0.4, 0.5) is 0 Å². The van der Waals surface area contributed by atoms with E-state index in [1.54, 1.807) is 12.4 Å². The fourth-order valence-corrected chi connectivity index (χ4v) is 4.54. The minimum Gasteiger partial charge on any atom is -0.349 e. The predicted molar refractivity (Wildman–Crippen MR) is 105 cm³/mol. The van der Waals surface area contributed by atoms with Gasteiger partial charge in [-0.25, -0.2) is 9.97 Å². The Balaban J connectivity index is 1.56. The highest BCUT2D eigenvalue weighted by Crippen LogP contribution is 2.40. The van der Waals surface area contributed by atoms with Crippen LogP contribution >= 0.6 is 0 Å². The number of aromatic nitrogens is 3. The fraction of sp³-hybridized carbons (Fsp3) is 0.545. The number of carbonyl (C=O) groups is 1. The zero-order valence-electron chi connectivity index (χ0n) is 16.2. The van der Waals surface area contributed by atoms with Crippen LogP contribution in [-0.4, -0.2) is 20.9 Å². The van der Waals surface area contributed by atoms with E-state index in [0.29, 0.717) is 18.2 Å². The molecule has 1 amide bonds. The summed E-state index contributed by atoms with van der Waals surface area (Å²) in [5.41, 5.74) is 3.14. The molecule has 2 aliphatic carbocycles.